The van der Waals surface area contributed by atoms with Gasteiger partial charge in [0.15, 0.2) is 0 Å². The Labute approximate surface area is 177 Å². The second-order valence-electron chi connectivity index (χ2n) is 7.09. The molecule has 2 N–H and O–H groups in total. The molecule has 0 aliphatic rings. The number of carbonyl (C=O) groups is 1. The summed E-state index contributed by atoms with van der Waals surface area (Å²) in [6.07, 6.45) is 3.90. The van der Waals surface area contributed by atoms with Crippen LogP contribution in [-0.2, 0) is 19.5 Å². The maximum Gasteiger partial charge on any atom is 0.331 e. The van der Waals surface area contributed by atoms with Gasteiger partial charge in [-0.3, -0.25) is 28.9 Å². The molecule has 0 saturated heterocycles. The molecule has 0 atom stereocenters. The van der Waals surface area contributed by atoms with Crippen LogP contribution in [0.5, 0.6) is 0 Å². The van der Waals surface area contributed by atoms with Gasteiger partial charge in [-0.25, -0.2) is 10.3 Å². The van der Waals surface area contributed by atoms with Crippen LogP contribution in [0.3, 0.4) is 0 Å². The highest BCUT2D eigenvalue weighted by atomic mass is 16.5. The summed E-state index contributed by atoms with van der Waals surface area (Å²) < 4.78 is 2.81. The average Bonchev–Trinajstić information content (AvgIpc) is 2.82. The van der Waals surface area contributed by atoms with E-state index < -0.39 is 11.6 Å². The molecule has 0 aliphatic carbocycles. The lowest BCUT2D eigenvalue weighted by Crippen LogP contribution is -2.40. The number of benzene rings is 2. The number of rotatable bonds is 6. The molecule has 0 bridgehead atoms. The molecular weight excluding hydrogens is 396 g/mol. The van der Waals surface area contributed by atoms with Crippen molar-refractivity contribution in [1.82, 2.24) is 19.6 Å². The van der Waals surface area contributed by atoms with Gasteiger partial charge in [0, 0.05) is 24.5 Å². The van der Waals surface area contributed by atoms with Crippen LogP contribution < -0.4 is 16.7 Å². The quantitative estimate of drug-likeness (QED) is 0.369. The normalized spacial score (nSPS) is 10.9. The molecule has 0 aliphatic heterocycles. The van der Waals surface area contributed by atoms with E-state index in [4.69, 9.17) is 5.21 Å². The van der Waals surface area contributed by atoms with Crippen molar-refractivity contribution >= 4 is 16.8 Å². The van der Waals surface area contributed by atoms with Gasteiger partial charge in [0.1, 0.15) is 0 Å². The van der Waals surface area contributed by atoms with Gasteiger partial charge in [-0.05, 0) is 47.9 Å². The smallest absolute Gasteiger partial charge is 0.289 e. The fourth-order valence-corrected chi connectivity index (χ4v) is 3.52. The standard InChI is InChI=1S/C23H20N4O4/c28-21(25-31)18-9-7-17(8-10-18)15-27-20-6-2-1-5-19(20)22(29)26(23(27)30)13-11-16-4-3-12-24-14-16/h1-10,12,14,31H,11,13,15H2,(H,25,28). The second kappa shape index (κ2) is 8.76. The largest absolute Gasteiger partial charge is 0.331 e. The number of hydroxylamine groups is 1. The Morgan fingerprint density at radius 2 is 1.71 bits per heavy atom. The second-order valence-corrected chi connectivity index (χ2v) is 7.09. The Morgan fingerprint density at radius 3 is 2.42 bits per heavy atom. The van der Waals surface area contributed by atoms with E-state index in [9.17, 15) is 14.4 Å². The molecule has 4 aromatic rings. The first-order valence-electron chi connectivity index (χ1n) is 9.73. The van der Waals surface area contributed by atoms with Crippen LogP contribution in [0.1, 0.15) is 21.5 Å². The van der Waals surface area contributed by atoms with Crippen molar-refractivity contribution in [3.05, 3.63) is 111 Å². The molecule has 31 heavy (non-hydrogen) atoms. The predicted octanol–water partition coefficient (Wildman–Crippen LogP) is 1.97. The number of pyridine rings is 1. The number of aromatic nitrogens is 3. The first-order chi connectivity index (χ1) is 15.1. The summed E-state index contributed by atoms with van der Waals surface area (Å²) in [6, 6.07) is 17.3. The summed E-state index contributed by atoms with van der Waals surface area (Å²) >= 11 is 0. The number of aryl methyl sites for hydroxylation is 1. The molecular formula is C23H20N4O4. The van der Waals surface area contributed by atoms with E-state index in [0.29, 0.717) is 22.9 Å². The Hall–Kier alpha value is -4.04. The van der Waals surface area contributed by atoms with E-state index in [-0.39, 0.29) is 18.6 Å². The van der Waals surface area contributed by atoms with Crippen LogP contribution >= 0.6 is 0 Å². The van der Waals surface area contributed by atoms with Crippen LogP contribution in [-0.4, -0.2) is 25.2 Å². The summed E-state index contributed by atoms with van der Waals surface area (Å²) in [5, 5.41) is 9.22. The highest BCUT2D eigenvalue weighted by molar-refractivity contribution is 5.93. The van der Waals surface area contributed by atoms with E-state index in [0.717, 1.165) is 11.1 Å². The van der Waals surface area contributed by atoms with Gasteiger partial charge in [-0.2, -0.15) is 0 Å². The minimum absolute atomic E-state index is 0.230. The van der Waals surface area contributed by atoms with Crippen LogP contribution in [0, 0.1) is 0 Å². The fraction of sp³-hybridized carbons (Fsp3) is 0.130. The summed E-state index contributed by atoms with van der Waals surface area (Å²) in [6.45, 7) is 0.470. The highest BCUT2D eigenvalue weighted by Crippen LogP contribution is 2.12. The minimum atomic E-state index is -0.613. The van der Waals surface area contributed by atoms with Crippen LogP contribution in [0.15, 0.2) is 82.6 Å². The van der Waals surface area contributed by atoms with E-state index in [1.807, 2.05) is 12.1 Å². The molecule has 0 fully saturated rings. The molecule has 156 valence electrons. The molecule has 8 heteroatoms. The SMILES string of the molecule is O=C(NO)c1ccc(Cn2c(=O)n(CCc3cccnc3)c(=O)c3ccccc32)cc1. The zero-order chi connectivity index (χ0) is 21.8. The molecule has 2 aromatic heterocycles. The van der Waals surface area contributed by atoms with Crippen molar-refractivity contribution in [3.8, 4) is 0 Å². The van der Waals surface area contributed by atoms with Gasteiger partial charge < -0.3 is 0 Å². The topological polar surface area (TPSA) is 106 Å². The number of hydrogen-bond acceptors (Lipinski definition) is 5. The summed E-state index contributed by atoms with van der Waals surface area (Å²) in [5.74, 6) is -0.613. The van der Waals surface area contributed by atoms with E-state index in [1.165, 1.54) is 4.57 Å². The molecule has 0 saturated carbocycles. The minimum Gasteiger partial charge on any atom is -0.289 e. The van der Waals surface area contributed by atoms with Crippen molar-refractivity contribution in [2.24, 2.45) is 0 Å². The third-order valence-electron chi connectivity index (χ3n) is 5.14. The number of amides is 1. The van der Waals surface area contributed by atoms with E-state index >= 15 is 0 Å². The highest BCUT2D eigenvalue weighted by Gasteiger charge is 2.14. The summed E-state index contributed by atoms with van der Waals surface area (Å²) in [7, 11) is 0. The Balaban J connectivity index is 1.74. The van der Waals surface area contributed by atoms with Crippen molar-refractivity contribution in [2.45, 2.75) is 19.5 Å². The van der Waals surface area contributed by atoms with Gasteiger partial charge in [0.2, 0.25) is 0 Å². The molecule has 0 radical (unpaired) electrons. The summed E-state index contributed by atoms with van der Waals surface area (Å²) in [4.78, 5) is 41.9. The first-order valence-corrected chi connectivity index (χ1v) is 9.73. The fourth-order valence-electron chi connectivity index (χ4n) is 3.52. The maximum atomic E-state index is 13.3. The molecule has 0 unspecified atom stereocenters. The molecule has 8 nitrogen and oxygen atoms in total. The lowest BCUT2D eigenvalue weighted by molar-refractivity contribution is 0.0706. The Bertz CT molecular complexity index is 1340. The molecule has 0 spiro atoms. The number of carbonyl (C=O) groups excluding carboxylic acids is 1. The average molecular weight is 416 g/mol. The van der Waals surface area contributed by atoms with Crippen molar-refractivity contribution in [1.29, 1.82) is 0 Å². The maximum absolute atomic E-state index is 13.3. The Morgan fingerprint density at radius 1 is 0.935 bits per heavy atom. The number of nitrogens with one attached hydrogen (secondary N) is 1. The number of hydrogen-bond donors (Lipinski definition) is 2. The van der Waals surface area contributed by atoms with Crippen LogP contribution in [0.25, 0.3) is 10.9 Å². The van der Waals surface area contributed by atoms with E-state index in [1.54, 1.807) is 71.0 Å². The zero-order valence-electron chi connectivity index (χ0n) is 16.6. The van der Waals surface area contributed by atoms with Crippen LogP contribution in [0.4, 0.5) is 0 Å². The monoisotopic (exact) mass is 416 g/mol. The lowest BCUT2D eigenvalue weighted by atomic mass is 10.1. The molecule has 4 rings (SSSR count). The zero-order valence-corrected chi connectivity index (χ0v) is 16.6. The van der Waals surface area contributed by atoms with Crippen molar-refractivity contribution in [2.75, 3.05) is 0 Å². The number of para-hydroxylation sites is 1. The molecule has 1 amide bonds. The predicted molar refractivity (Wildman–Crippen MR) is 115 cm³/mol. The third kappa shape index (κ3) is 4.15. The molecule has 2 heterocycles. The molecule has 2 aromatic carbocycles. The van der Waals surface area contributed by atoms with Crippen molar-refractivity contribution < 1.29 is 10.0 Å². The number of fused-ring (bicyclic) bond motifs is 1. The van der Waals surface area contributed by atoms with Gasteiger partial charge in [-0.1, -0.05) is 30.3 Å². The van der Waals surface area contributed by atoms with E-state index in [2.05, 4.69) is 4.98 Å². The van der Waals surface area contributed by atoms with Gasteiger partial charge in [0.25, 0.3) is 11.5 Å². The first kappa shape index (κ1) is 20.2. The number of nitrogens with zero attached hydrogens (tertiary/aromatic N) is 3. The van der Waals surface area contributed by atoms with Gasteiger partial charge in [-0.15, -0.1) is 0 Å². The third-order valence-corrected chi connectivity index (χ3v) is 5.14. The van der Waals surface area contributed by atoms with Gasteiger partial charge >= 0.3 is 5.69 Å². The Kier molecular flexibility index (Phi) is 5.72. The van der Waals surface area contributed by atoms with Gasteiger partial charge in [0.05, 0.1) is 17.4 Å². The summed E-state index contributed by atoms with van der Waals surface area (Å²) in [5.41, 5.74) is 3.42. The van der Waals surface area contributed by atoms with Crippen LogP contribution in [0.2, 0.25) is 0 Å². The lowest BCUT2D eigenvalue weighted by Gasteiger charge is -2.14. The van der Waals surface area contributed by atoms with Crippen molar-refractivity contribution in [3.63, 3.8) is 0 Å².